The average molecular weight is 310 g/mol. The number of rotatable bonds is 5. The van der Waals surface area contributed by atoms with Crippen molar-refractivity contribution >= 4 is 21.8 Å². The van der Waals surface area contributed by atoms with Gasteiger partial charge in [0.1, 0.15) is 5.75 Å². The number of halogens is 1. The van der Waals surface area contributed by atoms with Crippen LogP contribution in [0.25, 0.3) is 0 Å². The molecule has 1 unspecified atom stereocenters. The minimum atomic E-state index is -0.165. The number of ether oxygens (including phenoxy) is 1. The van der Waals surface area contributed by atoms with Crippen molar-refractivity contribution in [2.75, 3.05) is 7.11 Å². The first-order valence-electron chi connectivity index (χ1n) is 5.70. The maximum atomic E-state index is 12.1. The normalized spacial score (nSPS) is 11.4. The zero-order valence-electron chi connectivity index (χ0n) is 10.5. The third-order valence-electron chi connectivity index (χ3n) is 2.60. The number of amides is 1. The van der Waals surface area contributed by atoms with E-state index in [1.165, 1.54) is 7.11 Å². The summed E-state index contributed by atoms with van der Waals surface area (Å²) >= 11 is 3.34. The molecule has 0 aliphatic carbocycles. The fourth-order valence-electron chi connectivity index (χ4n) is 1.56. The zero-order chi connectivity index (χ0) is 13.5. The van der Waals surface area contributed by atoms with Gasteiger partial charge in [-0.25, -0.2) is 0 Å². The highest BCUT2D eigenvalue weighted by Gasteiger charge is 2.15. The number of hydrogen-bond acceptors (Lipinski definition) is 2. The molecule has 3 nitrogen and oxygen atoms in total. The van der Waals surface area contributed by atoms with E-state index in [0.29, 0.717) is 17.7 Å². The van der Waals surface area contributed by atoms with Crippen molar-refractivity contribution in [2.45, 2.75) is 25.8 Å². The number of carbonyl (C=O) groups is 1. The van der Waals surface area contributed by atoms with Gasteiger partial charge in [-0.1, -0.05) is 22.9 Å². The molecule has 0 heterocycles. The fourth-order valence-corrected chi connectivity index (χ4v) is 1.90. The molecule has 1 aromatic carbocycles. The van der Waals surface area contributed by atoms with Crippen LogP contribution < -0.4 is 10.1 Å². The third kappa shape index (κ3) is 3.78. The monoisotopic (exact) mass is 309 g/mol. The lowest BCUT2D eigenvalue weighted by Gasteiger charge is -2.15. The van der Waals surface area contributed by atoms with E-state index in [1.807, 2.05) is 6.92 Å². The van der Waals surface area contributed by atoms with E-state index in [0.717, 1.165) is 10.9 Å². The fraction of sp³-hybridized carbons (Fsp3) is 0.357. The Kier molecular flexibility index (Phi) is 5.73. The van der Waals surface area contributed by atoms with E-state index >= 15 is 0 Å². The highest BCUT2D eigenvalue weighted by atomic mass is 79.9. The Balaban J connectivity index is 2.87. The molecule has 96 valence electrons. The molecule has 1 amide bonds. The molecule has 0 radical (unpaired) electrons. The third-order valence-corrected chi connectivity index (χ3v) is 3.09. The predicted octanol–water partition coefficient (Wildman–Crippen LogP) is 2.99. The van der Waals surface area contributed by atoms with E-state index in [1.54, 1.807) is 18.2 Å². The summed E-state index contributed by atoms with van der Waals surface area (Å²) in [4.78, 5) is 12.1. The van der Waals surface area contributed by atoms with Gasteiger partial charge in [0.05, 0.1) is 12.7 Å². The molecule has 0 saturated carbocycles. The van der Waals surface area contributed by atoms with Crippen LogP contribution in [0.2, 0.25) is 0 Å². The van der Waals surface area contributed by atoms with Gasteiger partial charge >= 0.3 is 0 Å². The first-order chi connectivity index (χ1) is 8.62. The maximum absolute atomic E-state index is 12.1. The molecule has 1 atom stereocenters. The van der Waals surface area contributed by atoms with Crippen LogP contribution in [-0.2, 0) is 0 Å². The van der Waals surface area contributed by atoms with Crippen molar-refractivity contribution in [3.05, 3.63) is 28.2 Å². The van der Waals surface area contributed by atoms with Crippen LogP contribution in [0.5, 0.6) is 5.75 Å². The Morgan fingerprint density at radius 1 is 1.61 bits per heavy atom. The highest BCUT2D eigenvalue weighted by Crippen LogP contribution is 2.23. The number of terminal acetylenes is 1. The van der Waals surface area contributed by atoms with Crippen molar-refractivity contribution in [1.82, 2.24) is 5.32 Å². The van der Waals surface area contributed by atoms with Crippen LogP contribution in [0, 0.1) is 12.3 Å². The molecular formula is C14H16BrNO2. The summed E-state index contributed by atoms with van der Waals surface area (Å²) in [5, 5.41) is 2.90. The van der Waals surface area contributed by atoms with Gasteiger partial charge in [0.2, 0.25) is 0 Å². The second kappa shape index (κ2) is 7.07. The SMILES string of the molecule is C#CCC(CC)NC(=O)c1ccc(Br)cc1OC. The van der Waals surface area contributed by atoms with Crippen molar-refractivity contribution in [1.29, 1.82) is 0 Å². The van der Waals surface area contributed by atoms with Gasteiger partial charge in [0.25, 0.3) is 5.91 Å². The first kappa shape index (κ1) is 14.6. The summed E-state index contributed by atoms with van der Waals surface area (Å²) in [6.45, 7) is 1.99. The molecule has 0 aliphatic rings. The van der Waals surface area contributed by atoms with E-state index < -0.39 is 0 Å². The van der Waals surface area contributed by atoms with E-state index in [9.17, 15) is 4.79 Å². The predicted molar refractivity (Wildman–Crippen MR) is 75.7 cm³/mol. The van der Waals surface area contributed by atoms with Gasteiger partial charge in [-0.2, -0.15) is 0 Å². The average Bonchev–Trinajstić information content (AvgIpc) is 2.37. The Labute approximate surface area is 116 Å². The lowest BCUT2D eigenvalue weighted by atomic mass is 10.1. The molecule has 0 aliphatic heterocycles. The largest absolute Gasteiger partial charge is 0.496 e. The number of benzene rings is 1. The molecule has 0 spiro atoms. The molecular weight excluding hydrogens is 294 g/mol. The molecule has 1 aromatic rings. The lowest BCUT2D eigenvalue weighted by Crippen LogP contribution is -2.34. The Bertz CT molecular complexity index is 465. The minimum absolute atomic E-state index is 0.00384. The first-order valence-corrected chi connectivity index (χ1v) is 6.49. The summed E-state index contributed by atoms with van der Waals surface area (Å²) in [5.74, 6) is 2.93. The van der Waals surface area contributed by atoms with Gasteiger partial charge in [0, 0.05) is 16.9 Å². The summed E-state index contributed by atoms with van der Waals surface area (Å²) < 4.78 is 6.06. The minimum Gasteiger partial charge on any atom is -0.496 e. The number of carbonyl (C=O) groups excluding carboxylic acids is 1. The molecule has 0 fully saturated rings. The zero-order valence-corrected chi connectivity index (χ0v) is 12.1. The van der Waals surface area contributed by atoms with Crippen LogP contribution in [0.1, 0.15) is 30.1 Å². The van der Waals surface area contributed by atoms with Crippen LogP contribution in [0.15, 0.2) is 22.7 Å². The number of nitrogens with one attached hydrogen (secondary N) is 1. The molecule has 4 heteroatoms. The Hall–Kier alpha value is -1.47. The van der Waals surface area contributed by atoms with Gasteiger partial charge in [-0.3, -0.25) is 4.79 Å². The van der Waals surface area contributed by atoms with Crippen LogP contribution >= 0.6 is 15.9 Å². The molecule has 1 rings (SSSR count). The van der Waals surface area contributed by atoms with E-state index in [-0.39, 0.29) is 11.9 Å². The summed E-state index contributed by atoms with van der Waals surface area (Å²) in [6, 6.07) is 5.29. The van der Waals surface area contributed by atoms with Crippen molar-refractivity contribution in [2.24, 2.45) is 0 Å². The lowest BCUT2D eigenvalue weighted by molar-refractivity contribution is 0.0933. The van der Waals surface area contributed by atoms with E-state index in [4.69, 9.17) is 11.2 Å². The standard InChI is InChI=1S/C14H16BrNO2/c1-4-6-11(5-2)16-14(17)12-8-7-10(15)9-13(12)18-3/h1,7-9,11H,5-6H2,2-3H3,(H,16,17). The number of hydrogen-bond donors (Lipinski definition) is 1. The topological polar surface area (TPSA) is 38.3 Å². The van der Waals surface area contributed by atoms with Crippen LogP contribution in [0.3, 0.4) is 0 Å². The van der Waals surface area contributed by atoms with E-state index in [2.05, 4.69) is 27.2 Å². The second-order valence-electron chi connectivity index (χ2n) is 3.83. The molecule has 0 aromatic heterocycles. The van der Waals surface area contributed by atoms with Crippen molar-refractivity contribution in [3.63, 3.8) is 0 Å². The highest BCUT2D eigenvalue weighted by molar-refractivity contribution is 9.10. The molecule has 0 bridgehead atoms. The summed E-state index contributed by atoms with van der Waals surface area (Å²) in [5.41, 5.74) is 0.510. The van der Waals surface area contributed by atoms with Crippen molar-refractivity contribution < 1.29 is 9.53 Å². The summed E-state index contributed by atoms with van der Waals surface area (Å²) in [7, 11) is 1.54. The van der Waals surface area contributed by atoms with Gasteiger partial charge in [0.15, 0.2) is 0 Å². The maximum Gasteiger partial charge on any atom is 0.255 e. The Morgan fingerprint density at radius 3 is 2.89 bits per heavy atom. The van der Waals surface area contributed by atoms with Gasteiger partial charge in [-0.15, -0.1) is 12.3 Å². The molecule has 18 heavy (non-hydrogen) atoms. The van der Waals surface area contributed by atoms with Gasteiger partial charge < -0.3 is 10.1 Å². The molecule has 1 N–H and O–H groups in total. The molecule has 0 saturated heterocycles. The number of methoxy groups -OCH3 is 1. The smallest absolute Gasteiger partial charge is 0.255 e. The Morgan fingerprint density at radius 2 is 2.33 bits per heavy atom. The summed E-state index contributed by atoms with van der Waals surface area (Å²) in [6.07, 6.45) is 6.59. The van der Waals surface area contributed by atoms with Crippen LogP contribution in [0.4, 0.5) is 0 Å². The van der Waals surface area contributed by atoms with Crippen molar-refractivity contribution in [3.8, 4) is 18.1 Å². The quantitative estimate of drug-likeness (QED) is 0.849. The van der Waals surface area contributed by atoms with Gasteiger partial charge in [-0.05, 0) is 24.6 Å². The second-order valence-corrected chi connectivity index (χ2v) is 4.75. The van der Waals surface area contributed by atoms with Crippen LogP contribution in [-0.4, -0.2) is 19.1 Å².